The van der Waals surface area contributed by atoms with E-state index in [4.69, 9.17) is 11.5 Å². The maximum atomic E-state index is 15.0. The van der Waals surface area contributed by atoms with Crippen LogP contribution in [-0.4, -0.2) is 39.8 Å². The third-order valence-electron chi connectivity index (χ3n) is 6.65. The van der Waals surface area contributed by atoms with Crippen molar-refractivity contribution in [3.63, 3.8) is 0 Å². The smallest absolute Gasteiger partial charge is 0.277 e. The van der Waals surface area contributed by atoms with Crippen LogP contribution in [-0.2, 0) is 7.05 Å². The summed E-state index contributed by atoms with van der Waals surface area (Å²) < 4.78 is 16.7. The third-order valence-corrected chi connectivity index (χ3v) is 7.57. The predicted molar refractivity (Wildman–Crippen MR) is 134 cm³/mol. The van der Waals surface area contributed by atoms with Crippen molar-refractivity contribution in [2.24, 2.45) is 12.8 Å². The summed E-state index contributed by atoms with van der Waals surface area (Å²) in [5.74, 6) is 0.557. The van der Waals surface area contributed by atoms with Gasteiger partial charge in [0.15, 0.2) is 11.5 Å². The highest BCUT2D eigenvalue weighted by molar-refractivity contribution is 7.19. The second-order valence-corrected chi connectivity index (χ2v) is 10.4. The van der Waals surface area contributed by atoms with Crippen LogP contribution in [0.5, 0.6) is 0 Å². The largest absolute Gasteiger partial charge is 0.389 e. The van der Waals surface area contributed by atoms with Gasteiger partial charge in [0.25, 0.3) is 5.91 Å². The average molecular weight is 484 g/mol. The van der Waals surface area contributed by atoms with Gasteiger partial charge in [0.05, 0.1) is 6.20 Å². The summed E-state index contributed by atoms with van der Waals surface area (Å²) in [4.78, 5) is 19.8. The first kappa shape index (κ1) is 22.8. The molecule has 5 rings (SSSR count). The fourth-order valence-electron chi connectivity index (χ4n) is 4.63. The van der Waals surface area contributed by atoms with Crippen molar-refractivity contribution in [3.8, 4) is 10.6 Å². The summed E-state index contributed by atoms with van der Waals surface area (Å²) in [6, 6.07) is 3.94. The Hall–Kier alpha value is -2.98. The van der Waals surface area contributed by atoms with E-state index in [1.807, 2.05) is 19.2 Å². The number of anilines is 3. The molecule has 1 saturated carbocycles. The molecule has 1 amide bonds. The van der Waals surface area contributed by atoms with E-state index in [9.17, 15) is 9.18 Å². The van der Waals surface area contributed by atoms with Crippen molar-refractivity contribution in [2.75, 3.05) is 29.0 Å². The molecule has 2 aromatic heterocycles. The molecule has 3 aromatic rings. The van der Waals surface area contributed by atoms with E-state index in [1.165, 1.54) is 0 Å². The molecule has 1 aliphatic carbocycles. The van der Waals surface area contributed by atoms with Gasteiger partial charge in [-0.15, -0.1) is 0 Å². The van der Waals surface area contributed by atoms with E-state index in [2.05, 4.69) is 20.3 Å². The van der Waals surface area contributed by atoms with Gasteiger partial charge in [-0.25, -0.2) is 9.37 Å². The standard InChI is InChI=1S/C24H30FN7OS/c1-13-10-15(14-5-6-14)11-17(19(13)25)23-30-20(21(27)34-23)22(33)29-18-12-28-31(2)24(18)32-8-3-4-16(26)7-9-32/h10-12,14,16H,3-9,26-27H2,1-2H3,(H,29,33). The molecular weight excluding hydrogens is 453 g/mol. The summed E-state index contributed by atoms with van der Waals surface area (Å²) in [6.45, 7) is 3.40. The number of hydrogen-bond donors (Lipinski definition) is 3. The normalized spacial score (nSPS) is 18.7. The maximum Gasteiger partial charge on any atom is 0.277 e. The van der Waals surface area contributed by atoms with Gasteiger partial charge in [0.1, 0.15) is 21.5 Å². The molecule has 10 heteroatoms. The van der Waals surface area contributed by atoms with Crippen LogP contribution < -0.4 is 21.7 Å². The quantitative estimate of drug-likeness (QED) is 0.505. The lowest BCUT2D eigenvalue weighted by Gasteiger charge is -2.24. The molecule has 1 saturated heterocycles. The number of aromatic nitrogens is 3. The van der Waals surface area contributed by atoms with Crippen LogP contribution in [0, 0.1) is 12.7 Å². The fraction of sp³-hybridized carbons (Fsp3) is 0.458. The van der Waals surface area contributed by atoms with Gasteiger partial charge in [0, 0.05) is 31.7 Å². The molecule has 34 heavy (non-hydrogen) atoms. The molecule has 2 aliphatic rings. The number of hydrogen-bond acceptors (Lipinski definition) is 7. The topological polar surface area (TPSA) is 115 Å². The molecule has 0 bridgehead atoms. The molecule has 0 spiro atoms. The van der Waals surface area contributed by atoms with Crippen molar-refractivity contribution < 1.29 is 9.18 Å². The lowest BCUT2D eigenvalue weighted by atomic mass is 10.0. The number of nitrogens with zero attached hydrogens (tertiary/aromatic N) is 4. The fourth-order valence-corrected chi connectivity index (χ4v) is 5.46. The first-order chi connectivity index (χ1) is 16.3. The lowest BCUT2D eigenvalue weighted by molar-refractivity contribution is 0.102. The first-order valence-electron chi connectivity index (χ1n) is 11.7. The minimum absolute atomic E-state index is 0.0987. The molecule has 8 nitrogen and oxygen atoms in total. The van der Waals surface area contributed by atoms with Gasteiger partial charge in [-0.05, 0) is 62.1 Å². The number of rotatable bonds is 5. The number of nitrogens with two attached hydrogens (primary N) is 2. The van der Waals surface area contributed by atoms with E-state index in [0.29, 0.717) is 27.7 Å². The van der Waals surface area contributed by atoms with Crippen molar-refractivity contribution in [2.45, 2.75) is 51.0 Å². The van der Waals surface area contributed by atoms with E-state index >= 15 is 0 Å². The monoisotopic (exact) mass is 483 g/mol. The Morgan fingerprint density at radius 1 is 1.24 bits per heavy atom. The van der Waals surface area contributed by atoms with E-state index in [1.54, 1.807) is 17.8 Å². The molecule has 1 aromatic carbocycles. The number of amides is 1. The molecule has 3 heterocycles. The molecule has 1 atom stereocenters. The van der Waals surface area contributed by atoms with Crippen molar-refractivity contribution in [3.05, 3.63) is 41.0 Å². The number of nitrogens with one attached hydrogen (secondary N) is 1. The second kappa shape index (κ2) is 8.99. The SMILES string of the molecule is Cc1cc(C2CC2)cc(-c2nc(C(=O)Nc3cnn(C)c3N3CCCC(N)CC3)c(N)s2)c1F. The Kier molecular flexibility index (Phi) is 6.03. The van der Waals surface area contributed by atoms with Crippen LogP contribution in [0.2, 0.25) is 0 Å². The number of thiazole rings is 1. The molecular formula is C24H30FN7OS. The molecule has 2 fully saturated rings. The number of halogens is 1. The van der Waals surface area contributed by atoms with E-state index in [-0.39, 0.29) is 22.6 Å². The summed E-state index contributed by atoms with van der Waals surface area (Å²) in [7, 11) is 1.85. The summed E-state index contributed by atoms with van der Waals surface area (Å²) in [5, 5.41) is 7.94. The first-order valence-corrected chi connectivity index (χ1v) is 12.5. The predicted octanol–water partition coefficient (Wildman–Crippen LogP) is 4.02. The van der Waals surface area contributed by atoms with Crippen LogP contribution >= 0.6 is 11.3 Å². The van der Waals surface area contributed by atoms with Crippen molar-refractivity contribution >= 4 is 33.8 Å². The number of nitrogen functional groups attached to an aromatic ring is 1. The minimum atomic E-state index is -0.434. The van der Waals surface area contributed by atoms with Crippen LogP contribution in [0.4, 0.5) is 20.9 Å². The van der Waals surface area contributed by atoms with Crippen molar-refractivity contribution in [1.82, 2.24) is 14.8 Å². The van der Waals surface area contributed by atoms with Crippen LogP contribution in [0.3, 0.4) is 0 Å². The zero-order valence-corrected chi connectivity index (χ0v) is 20.3. The van der Waals surface area contributed by atoms with E-state index in [0.717, 1.165) is 67.9 Å². The molecule has 1 unspecified atom stereocenters. The summed E-state index contributed by atoms with van der Waals surface area (Å²) in [5.41, 5.74) is 15.1. The number of carbonyl (C=O) groups is 1. The van der Waals surface area contributed by atoms with Gasteiger partial charge >= 0.3 is 0 Å². The highest BCUT2D eigenvalue weighted by Gasteiger charge is 2.28. The molecule has 1 aliphatic heterocycles. The van der Waals surface area contributed by atoms with Crippen LogP contribution in [0.1, 0.15) is 59.6 Å². The highest BCUT2D eigenvalue weighted by atomic mass is 32.1. The average Bonchev–Trinajstić information content (AvgIpc) is 3.53. The van der Waals surface area contributed by atoms with Crippen LogP contribution in [0.15, 0.2) is 18.3 Å². The minimum Gasteiger partial charge on any atom is -0.389 e. The Labute approximate surface area is 202 Å². The van der Waals surface area contributed by atoms with Gasteiger partial charge in [-0.1, -0.05) is 17.4 Å². The van der Waals surface area contributed by atoms with E-state index < -0.39 is 5.91 Å². The number of carbonyl (C=O) groups excluding carboxylic acids is 1. The van der Waals surface area contributed by atoms with Gasteiger partial charge < -0.3 is 21.7 Å². The van der Waals surface area contributed by atoms with Crippen LogP contribution in [0.25, 0.3) is 10.6 Å². The third kappa shape index (κ3) is 4.39. The summed E-state index contributed by atoms with van der Waals surface area (Å²) >= 11 is 1.13. The lowest BCUT2D eigenvalue weighted by Crippen LogP contribution is -2.29. The number of benzene rings is 1. The van der Waals surface area contributed by atoms with Gasteiger partial charge in [-0.3, -0.25) is 9.48 Å². The molecule has 0 radical (unpaired) electrons. The molecule has 5 N–H and O–H groups in total. The molecule has 180 valence electrons. The highest BCUT2D eigenvalue weighted by Crippen LogP contribution is 2.43. The second-order valence-electron chi connectivity index (χ2n) is 9.34. The maximum absolute atomic E-state index is 15.0. The Morgan fingerprint density at radius 3 is 2.79 bits per heavy atom. The van der Waals surface area contributed by atoms with Gasteiger partial charge in [0.2, 0.25) is 0 Å². The Balaban J connectivity index is 1.41. The zero-order valence-electron chi connectivity index (χ0n) is 19.5. The Morgan fingerprint density at radius 2 is 2.03 bits per heavy atom. The van der Waals surface area contributed by atoms with Crippen molar-refractivity contribution in [1.29, 1.82) is 0 Å². The van der Waals surface area contributed by atoms with Gasteiger partial charge in [-0.2, -0.15) is 5.10 Å². The number of aryl methyl sites for hydroxylation is 2. The summed E-state index contributed by atoms with van der Waals surface area (Å²) in [6.07, 6.45) is 6.71. The zero-order chi connectivity index (χ0) is 24.0. The Bertz CT molecular complexity index is 1230.